The topological polar surface area (TPSA) is 83.8 Å². The van der Waals surface area contributed by atoms with Crippen LogP contribution in [0.25, 0.3) is 21.9 Å². The molecule has 4 bridgehead atoms. The van der Waals surface area contributed by atoms with Gasteiger partial charge in [0.15, 0.2) is 0 Å². The van der Waals surface area contributed by atoms with Gasteiger partial charge in [-0.1, -0.05) is 42.5 Å². The van der Waals surface area contributed by atoms with E-state index in [4.69, 9.17) is 4.74 Å². The predicted molar refractivity (Wildman–Crippen MR) is 154 cm³/mol. The van der Waals surface area contributed by atoms with Crippen molar-refractivity contribution in [2.45, 2.75) is 50.5 Å². The highest BCUT2D eigenvalue weighted by molar-refractivity contribution is 5.99. The summed E-state index contributed by atoms with van der Waals surface area (Å²) in [6, 6.07) is 24.9. The van der Waals surface area contributed by atoms with Crippen LogP contribution in [-0.4, -0.2) is 22.2 Å². The molecule has 4 aromatic carbocycles. The van der Waals surface area contributed by atoms with Crippen LogP contribution in [0, 0.1) is 17.8 Å². The summed E-state index contributed by atoms with van der Waals surface area (Å²) in [6.07, 6.45) is 7.72. The molecular weight excluding hydrogens is 500 g/mol. The average Bonchev–Trinajstić information content (AvgIpc) is 2.95. The second-order valence-corrected chi connectivity index (χ2v) is 12.2. The Labute approximate surface area is 233 Å². The Morgan fingerprint density at radius 2 is 1.32 bits per heavy atom. The van der Waals surface area contributed by atoms with Crippen LogP contribution in [0.5, 0.6) is 5.75 Å². The second-order valence-electron chi connectivity index (χ2n) is 12.2. The molecule has 0 heterocycles. The molecule has 40 heavy (non-hydrogen) atoms. The van der Waals surface area contributed by atoms with E-state index < -0.39 is 11.9 Å². The maximum atomic E-state index is 11.4. The number of carboxylic acids is 2. The van der Waals surface area contributed by atoms with E-state index in [1.54, 1.807) is 24.3 Å². The number of hydrogen-bond donors (Lipinski definition) is 2. The van der Waals surface area contributed by atoms with Gasteiger partial charge in [-0.15, -0.1) is 0 Å². The molecule has 4 fully saturated rings. The minimum Gasteiger partial charge on any atom is -0.489 e. The first-order valence-electron chi connectivity index (χ1n) is 14.2. The Balaban J connectivity index is 1.32. The van der Waals surface area contributed by atoms with Crippen LogP contribution in [0.4, 0.5) is 0 Å². The molecule has 5 nitrogen and oxygen atoms in total. The van der Waals surface area contributed by atoms with Gasteiger partial charge in [0, 0.05) is 5.56 Å². The van der Waals surface area contributed by atoms with Crippen LogP contribution in [0.3, 0.4) is 0 Å². The fourth-order valence-corrected chi connectivity index (χ4v) is 8.23. The van der Waals surface area contributed by atoms with Crippen molar-refractivity contribution in [3.05, 3.63) is 101 Å². The lowest BCUT2D eigenvalue weighted by molar-refractivity contribution is -0.00640. The number of carboxylic acid groups (broad SMARTS) is 2. The lowest BCUT2D eigenvalue weighted by atomic mass is 9.48. The van der Waals surface area contributed by atoms with Gasteiger partial charge in [0.2, 0.25) is 0 Å². The highest BCUT2D eigenvalue weighted by atomic mass is 16.5. The van der Waals surface area contributed by atoms with Crippen molar-refractivity contribution >= 4 is 22.7 Å². The molecule has 0 spiro atoms. The first kappa shape index (κ1) is 24.9. The first-order chi connectivity index (χ1) is 19.4. The smallest absolute Gasteiger partial charge is 0.335 e. The molecule has 8 rings (SSSR count). The molecule has 4 aliphatic carbocycles. The van der Waals surface area contributed by atoms with E-state index in [2.05, 4.69) is 24.3 Å². The molecule has 4 saturated carbocycles. The van der Waals surface area contributed by atoms with Gasteiger partial charge in [0.25, 0.3) is 0 Å². The summed E-state index contributed by atoms with van der Waals surface area (Å²) in [5.41, 5.74) is 5.00. The van der Waals surface area contributed by atoms with Crippen molar-refractivity contribution in [1.82, 2.24) is 0 Å². The number of fused-ring (bicyclic) bond motifs is 1. The quantitative estimate of drug-likeness (QED) is 0.252. The fourth-order valence-electron chi connectivity index (χ4n) is 8.23. The molecule has 0 unspecified atom stereocenters. The lowest BCUT2D eigenvalue weighted by Gasteiger charge is -2.57. The van der Waals surface area contributed by atoms with Gasteiger partial charge in [-0.2, -0.15) is 0 Å². The van der Waals surface area contributed by atoms with Gasteiger partial charge in [-0.25, -0.2) is 9.59 Å². The number of carbonyl (C=O) groups is 2. The van der Waals surface area contributed by atoms with Crippen LogP contribution in [-0.2, 0) is 12.0 Å². The SMILES string of the molecule is O=C(O)c1ccc(COc2cc3cccc(-c4ccc(C(=O)O)cc4)c3cc2C23CC4CC(CC(C4)C2)C3)cc1. The zero-order valence-corrected chi connectivity index (χ0v) is 22.3. The summed E-state index contributed by atoms with van der Waals surface area (Å²) in [4.78, 5) is 22.7. The van der Waals surface area contributed by atoms with Crippen LogP contribution in [0.1, 0.15) is 70.4 Å². The highest BCUT2D eigenvalue weighted by Gasteiger charge is 2.52. The van der Waals surface area contributed by atoms with Crippen LogP contribution in [0.15, 0.2) is 78.9 Å². The Bertz CT molecular complexity index is 1580. The minimum atomic E-state index is -0.931. The van der Waals surface area contributed by atoms with Crippen molar-refractivity contribution in [1.29, 1.82) is 0 Å². The molecule has 0 aliphatic heterocycles. The maximum absolute atomic E-state index is 11.4. The molecule has 0 saturated heterocycles. The molecule has 0 amide bonds. The molecule has 4 aliphatic rings. The summed E-state index contributed by atoms with van der Waals surface area (Å²) in [5, 5.41) is 20.9. The maximum Gasteiger partial charge on any atom is 0.335 e. The summed E-state index contributed by atoms with van der Waals surface area (Å²) in [5.74, 6) is 1.44. The van der Waals surface area contributed by atoms with Crippen molar-refractivity contribution < 1.29 is 24.5 Å². The minimum absolute atomic E-state index is 0.117. The lowest BCUT2D eigenvalue weighted by Crippen LogP contribution is -2.48. The van der Waals surface area contributed by atoms with E-state index in [0.29, 0.717) is 6.61 Å². The molecule has 202 valence electrons. The van der Waals surface area contributed by atoms with Crippen molar-refractivity contribution in [2.24, 2.45) is 17.8 Å². The highest BCUT2D eigenvalue weighted by Crippen LogP contribution is 2.62. The Hall–Kier alpha value is -4.12. The van der Waals surface area contributed by atoms with E-state index >= 15 is 0 Å². The van der Waals surface area contributed by atoms with Gasteiger partial charge in [0.05, 0.1) is 11.1 Å². The van der Waals surface area contributed by atoms with E-state index in [1.807, 2.05) is 30.3 Å². The summed E-state index contributed by atoms with van der Waals surface area (Å²) >= 11 is 0. The average molecular weight is 533 g/mol. The summed E-state index contributed by atoms with van der Waals surface area (Å²) < 4.78 is 6.60. The van der Waals surface area contributed by atoms with Gasteiger partial charge < -0.3 is 14.9 Å². The predicted octanol–water partition coefficient (Wildman–Crippen LogP) is 7.95. The fraction of sp³-hybridized carbons (Fsp3) is 0.314. The Kier molecular flexibility index (Phi) is 5.92. The largest absolute Gasteiger partial charge is 0.489 e. The molecule has 0 radical (unpaired) electrons. The normalized spacial score (nSPS) is 24.8. The van der Waals surface area contributed by atoms with Crippen LogP contribution in [0.2, 0.25) is 0 Å². The Morgan fingerprint density at radius 1 is 0.750 bits per heavy atom. The zero-order chi connectivity index (χ0) is 27.4. The first-order valence-corrected chi connectivity index (χ1v) is 14.2. The van der Waals surface area contributed by atoms with Crippen LogP contribution >= 0.6 is 0 Å². The number of hydrogen-bond acceptors (Lipinski definition) is 3. The molecule has 0 aromatic heterocycles. The van der Waals surface area contributed by atoms with Gasteiger partial charge in [-0.05, 0) is 126 Å². The number of ether oxygens (including phenoxy) is 1. The van der Waals surface area contributed by atoms with Gasteiger partial charge in [-0.3, -0.25) is 0 Å². The third-order valence-corrected chi connectivity index (χ3v) is 9.63. The molecule has 0 atom stereocenters. The summed E-state index contributed by atoms with van der Waals surface area (Å²) in [6.45, 7) is 0.376. The van der Waals surface area contributed by atoms with Crippen molar-refractivity contribution in [3.63, 3.8) is 0 Å². The standard InChI is InChI=1S/C35H32O5/c36-33(37)26-6-4-21(5-7-26)20-40-32-15-28-2-1-3-29(25-8-10-27(11-9-25)34(38)39)30(28)16-31(32)35-17-22-12-23(18-35)14-24(13-22)19-35/h1-11,15-16,22-24H,12-14,17-20H2,(H,36,37)(H,38,39). The second kappa shape index (κ2) is 9.51. The van der Waals surface area contributed by atoms with Crippen molar-refractivity contribution in [3.8, 4) is 16.9 Å². The molecular formula is C35H32O5. The van der Waals surface area contributed by atoms with Gasteiger partial charge >= 0.3 is 11.9 Å². The van der Waals surface area contributed by atoms with E-state index in [1.165, 1.54) is 44.1 Å². The third-order valence-electron chi connectivity index (χ3n) is 9.63. The van der Waals surface area contributed by atoms with E-state index in [0.717, 1.165) is 51.0 Å². The Morgan fingerprint density at radius 3 is 1.90 bits per heavy atom. The zero-order valence-electron chi connectivity index (χ0n) is 22.3. The molecule has 4 aromatic rings. The van der Waals surface area contributed by atoms with Crippen molar-refractivity contribution in [2.75, 3.05) is 0 Å². The third kappa shape index (κ3) is 4.34. The molecule has 5 heteroatoms. The van der Waals surface area contributed by atoms with E-state index in [9.17, 15) is 19.8 Å². The van der Waals surface area contributed by atoms with E-state index in [-0.39, 0.29) is 16.5 Å². The summed E-state index contributed by atoms with van der Waals surface area (Å²) in [7, 11) is 0. The number of aromatic carboxylic acids is 2. The number of rotatable bonds is 7. The monoisotopic (exact) mass is 532 g/mol. The number of benzene rings is 4. The van der Waals surface area contributed by atoms with Gasteiger partial charge in [0.1, 0.15) is 12.4 Å². The molecule has 2 N–H and O–H groups in total. The van der Waals surface area contributed by atoms with Crippen LogP contribution < -0.4 is 4.74 Å².